The van der Waals surface area contributed by atoms with Crippen LogP contribution in [0.4, 0.5) is 0 Å². The quantitative estimate of drug-likeness (QED) is 0.748. The molecule has 0 aromatic heterocycles. The molecular formula is C12H16ClN. The molecule has 0 spiro atoms. The van der Waals surface area contributed by atoms with Crippen LogP contribution in [-0.4, -0.2) is 6.54 Å². The van der Waals surface area contributed by atoms with E-state index < -0.39 is 0 Å². The number of benzene rings is 1. The lowest BCUT2D eigenvalue weighted by atomic mass is 9.90. The van der Waals surface area contributed by atoms with Gasteiger partial charge >= 0.3 is 0 Å². The zero-order valence-electron chi connectivity index (χ0n) is 8.46. The van der Waals surface area contributed by atoms with Crippen LogP contribution in [0.5, 0.6) is 0 Å². The molecule has 0 bridgehead atoms. The molecule has 1 nitrogen and oxygen atoms in total. The highest BCUT2D eigenvalue weighted by Crippen LogP contribution is 2.27. The standard InChI is InChI=1S/C12H16ClN/c1-9-5-6-14-12(7-9)10-3-2-4-11(13)8-10/h2-4,8-9,12,14H,5-7H2,1H3. The molecule has 1 fully saturated rings. The number of piperidine rings is 1. The Morgan fingerprint density at radius 1 is 1.43 bits per heavy atom. The van der Waals surface area contributed by atoms with Gasteiger partial charge < -0.3 is 5.32 Å². The van der Waals surface area contributed by atoms with E-state index in [2.05, 4.69) is 24.4 Å². The molecule has 2 unspecified atom stereocenters. The fourth-order valence-corrected chi connectivity index (χ4v) is 2.28. The summed E-state index contributed by atoms with van der Waals surface area (Å²) in [5, 5.41) is 4.37. The van der Waals surface area contributed by atoms with Crippen LogP contribution in [0, 0.1) is 5.92 Å². The predicted octanol–water partition coefficient (Wildman–Crippen LogP) is 3.40. The van der Waals surface area contributed by atoms with Crippen LogP contribution in [0.2, 0.25) is 5.02 Å². The molecule has 2 heteroatoms. The van der Waals surface area contributed by atoms with Crippen LogP contribution in [-0.2, 0) is 0 Å². The van der Waals surface area contributed by atoms with Crippen LogP contribution in [0.3, 0.4) is 0 Å². The molecule has 1 saturated heterocycles. The van der Waals surface area contributed by atoms with E-state index in [4.69, 9.17) is 11.6 Å². The van der Waals surface area contributed by atoms with Crippen molar-refractivity contribution in [3.63, 3.8) is 0 Å². The summed E-state index contributed by atoms with van der Waals surface area (Å²) in [4.78, 5) is 0. The first-order chi connectivity index (χ1) is 6.75. The number of rotatable bonds is 1. The van der Waals surface area contributed by atoms with Gasteiger partial charge in [0.1, 0.15) is 0 Å². The maximum Gasteiger partial charge on any atom is 0.0409 e. The van der Waals surface area contributed by atoms with Gasteiger partial charge in [0, 0.05) is 11.1 Å². The third kappa shape index (κ3) is 2.28. The zero-order valence-corrected chi connectivity index (χ0v) is 9.22. The molecule has 2 atom stereocenters. The van der Waals surface area contributed by atoms with Crippen molar-refractivity contribution in [1.82, 2.24) is 5.32 Å². The van der Waals surface area contributed by atoms with Crippen molar-refractivity contribution >= 4 is 11.6 Å². The van der Waals surface area contributed by atoms with E-state index in [1.54, 1.807) is 0 Å². The van der Waals surface area contributed by atoms with Gasteiger partial charge in [-0.1, -0.05) is 30.7 Å². The minimum absolute atomic E-state index is 0.498. The lowest BCUT2D eigenvalue weighted by molar-refractivity contribution is 0.325. The van der Waals surface area contributed by atoms with Crippen molar-refractivity contribution < 1.29 is 0 Å². The van der Waals surface area contributed by atoms with Crippen LogP contribution in [0.15, 0.2) is 24.3 Å². The van der Waals surface area contributed by atoms with Crippen LogP contribution < -0.4 is 5.32 Å². The minimum atomic E-state index is 0.498. The van der Waals surface area contributed by atoms with Gasteiger partial charge in [-0.15, -0.1) is 0 Å². The second-order valence-corrected chi connectivity index (χ2v) is 4.63. The van der Waals surface area contributed by atoms with E-state index in [1.807, 2.05) is 12.1 Å². The molecule has 76 valence electrons. The summed E-state index contributed by atoms with van der Waals surface area (Å²) in [6.07, 6.45) is 2.51. The number of halogens is 1. The summed E-state index contributed by atoms with van der Waals surface area (Å²) in [6.45, 7) is 3.44. The van der Waals surface area contributed by atoms with E-state index in [9.17, 15) is 0 Å². The lowest BCUT2D eigenvalue weighted by Crippen LogP contribution is -2.30. The molecule has 0 amide bonds. The van der Waals surface area contributed by atoms with Crippen molar-refractivity contribution in [2.45, 2.75) is 25.8 Å². The van der Waals surface area contributed by atoms with E-state index in [1.165, 1.54) is 18.4 Å². The maximum atomic E-state index is 5.97. The zero-order chi connectivity index (χ0) is 9.97. The Labute approximate surface area is 90.5 Å². The smallest absolute Gasteiger partial charge is 0.0409 e. The number of hydrogen-bond donors (Lipinski definition) is 1. The maximum absolute atomic E-state index is 5.97. The highest BCUT2D eigenvalue weighted by atomic mass is 35.5. The largest absolute Gasteiger partial charge is 0.310 e. The van der Waals surface area contributed by atoms with Crippen molar-refractivity contribution in [1.29, 1.82) is 0 Å². The monoisotopic (exact) mass is 209 g/mol. The van der Waals surface area contributed by atoms with Crippen molar-refractivity contribution in [3.8, 4) is 0 Å². The van der Waals surface area contributed by atoms with Gasteiger partial charge in [0.25, 0.3) is 0 Å². The molecule has 1 N–H and O–H groups in total. The minimum Gasteiger partial charge on any atom is -0.310 e. The van der Waals surface area contributed by atoms with Gasteiger partial charge in [-0.3, -0.25) is 0 Å². The summed E-state index contributed by atoms with van der Waals surface area (Å²) in [7, 11) is 0. The van der Waals surface area contributed by atoms with Gasteiger partial charge in [-0.25, -0.2) is 0 Å². The molecule has 1 aromatic carbocycles. The first-order valence-corrected chi connectivity index (χ1v) is 5.62. The van der Waals surface area contributed by atoms with Gasteiger partial charge in [-0.2, -0.15) is 0 Å². The van der Waals surface area contributed by atoms with Crippen LogP contribution in [0.25, 0.3) is 0 Å². The van der Waals surface area contributed by atoms with Crippen molar-refractivity contribution in [2.75, 3.05) is 6.54 Å². The van der Waals surface area contributed by atoms with E-state index >= 15 is 0 Å². The Hall–Kier alpha value is -0.530. The summed E-state index contributed by atoms with van der Waals surface area (Å²) in [6, 6.07) is 8.67. The second kappa shape index (κ2) is 4.33. The topological polar surface area (TPSA) is 12.0 Å². The van der Waals surface area contributed by atoms with Crippen LogP contribution in [0.1, 0.15) is 31.4 Å². The molecule has 0 saturated carbocycles. The SMILES string of the molecule is CC1CCNC(c2cccc(Cl)c2)C1. The summed E-state index contributed by atoms with van der Waals surface area (Å²) < 4.78 is 0. The van der Waals surface area contributed by atoms with Gasteiger partial charge in [0.2, 0.25) is 0 Å². The normalized spacial score (nSPS) is 27.6. The molecule has 1 aromatic rings. The average molecular weight is 210 g/mol. The third-order valence-electron chi connectivity index (χ3n) is 2.92. The van der Waals surface area contributed by atoms with E-state index in [0.717, 1.165) is 17.5 Å². The first kappa shape index (κ1) is 10.0. The molecule has 0 aliphatic carbocycles. The molecular weight excluding hydrogens is 194 g/mol. The van der Waals surface area contributed by atoms with Crippen LogP contribution >= 0.6 is 11.6 Å². The Bertz CT molecular complexity index is 311. The van der Waals surface area contributed by atoms with Gasteiger partial charge in [0.05, 0.1) is 0 Å². The average Bonchev–Trinajstić information content (AvgIpc) is 2.18. The third-order valence-corrected chi connectivity index (χ3v) is 3.15. The summed E-state index contributed by atoms with van der Waals surface area (Å²) in [5.74, 6) is 0.820. The predicted molar refractivity (Wildman–Crippen MR) is 60.6 cm³/mol. The van der Waals surface area contributed by atoms with Crippen molar-refractivity contribution in [2.24, 2.45) is 5.92 Å². The summed E-state index contributed by atoms with van der Waals surface area (Å²) >= 11 is 5.97. The fourth-order valence-electron chi connectivity index (χ4n) is 2.08. The Balaban J connectivity index is 2.14. The van der Waals surface area contributed by atoms with E-state index in [0.29, 0.717) is 6.04 Å². The summed E-state index contributed by atoms with van der Waals surface area (Å²) in [5.41, 5.74) is 1.32. The second-order valence-electron chi connectivity index (χ2n) is 4.19. The van der Waals surface area contributed by atoms with Crippen molar-refractivity contribution in [3.05, 3.63) is 34.9 Å². The number of hydrogen-bond acceptors (Lipinski definition) is 1. The molecule has 1 aliphatic heterocycles. The molecule has 0 radical (unpaired) electrons. The van der Waals surface area contributed by atoms with E-state index in [-0.39, 0.29) is 0 Å². The molecule has 1 heterocycles. The van der Waals surface area contributed by atoms with Gasteiger partial charge in [-0.05, 0) is 43.0 Å². The molecule has 1 aliphatic rings. The lowest BCUT2D eigenvalue weighted by Gasteiger charge is -2.28. The highest BCUT2D eigenvalue weighted by Gasteiger charge is 2.19. The number of nitrogens with one attached hydrogen (secondary N) is 1. The highest BCUT2D eigenvalue weighted by molar-refractivity contribution is 6.30. The fraction of sp³-hybridized carbons (Fsp3) is 0.500. The Morgan fingerprint density at radius 3 is 3.00 bits per heavy atom. The molecule has 14 heavy (non-hydrogen) atoms. The Kier molecular flexibility index (Phi) is 3.09. The molecule has 2 rings (SSSR count). The Morgan fingerprint density at radius 2 is 2.29 bits per heavy atom. The first-order valence-electron chi connectivity index (χ1n) is 5.24. The van der Waals surface area contributed by atoms with Gasteiger partial charge in [0.15, 0.2) is 0 Å².